The SMILES string of the molecule is NS(=O)(=O)c1cccc(S(=O)(=O)NC(C2CC2)C2CC2)c1. The topological polar surface area (TPSA) is 106 Å². The Hall–Kier alpha value is -0.960. The zero-order valence-electron chi connectivity index (χ0n) is 11.4. The Bertz CT molecular complexity index is 738. The third-order valence-corrected chi connectivity index (χ3v) is 6.36. The van der Waals surface area contributed by atoms with E-state index in [0.29, 0.717) is 11.8 Å². The van der Waals surface area contributed by atoms with Gasteiger partial charge in [-0.2, -0.15) is 0 Å². The molecule has 0 unspecified atom stereocenters. The van der Waals surface area contributed by atoms with Gasteiger partial charge in [0, 0.05) is 6.04 Å². The van der Waals surface area contributed by atoms with E-state index in [9.17, 15) is 16.8 Å². The lowest BCUT2D eigenvalue weighted by molar-refractivity contribution is 0.471. The van der Waals surface area contributed by atoms with E-state index in [-0.39, 0.29) is 15.8 Å². The second-order valence-corrected chi connectivity index (χ2v) is 9.12. The fraction of sp³-hybridized carbons (Fsp3) is 0.538. The molecule has 0 amide bonds. The molecule has 0 aromatic heterocycles. The molecule has 0 saturated heterocycles. The summed E-state index contributed by atoms with van der Waals surface area (Å²) in [6, 6.07) is 5.14. The highest BCUT2D eigenvalue weighted by molar-refractivity contribution is 7.90. The number of rotatable bonds is 6. The first-order chi connectivity index (χ1) is 9.77. The monoisotopic (exact) mass is 330 g/mol. The Balaban J connectivity index is 1.87. The minimum absolute atomic E-state index is 0.0202. The maximum Gasteiger partial charge on any atom is 0.240 e. The van der Waals surface area contributed by atoms with Crippen LogP contribution >= 0.6 is 0 Å². The zero-order valence-corrected chi connectivity index (χ0v) is 13.0. The lowest BCUT2D eigenvalue weighted by Crippen LogP contribution is -2.38. The summed E-state index contributed by atoms with van der Waals surface area (Å²) in [7, 11) is -7.64. The minimum atomic E-state index is -3.91. The molecule has 0 bridgehead atoms. The largest absolute Gasteiger partial charge is 0.240 e. The van der Waals surface area contributed by atoms with E-state index in [1.165, 1.54) is 18.2 Å². The summed E-state index contributed by atoms with van der Waals surface area (Å²) in [5.41, 5.74) is 0. The smallest absolute Gasteiger partial charge is 0.225 e. The van der Waals surface area contributed by atoms with Crippen LogP contribution in [0.5, 0.6) is 0 Å². The summed E-state index contributed by atoms with van der Waals surface area (Å²) < 4.78 is 50.3. The molecule has 0 spiro atoms. The molecular weight excluding hydrogens is 312 g/mol. The second-order valence-electron chi connectivity index (χ2n) is 5.84. The van der Waals surface area contributed by atoms with Gasteiger partial charge < -0.3 is 0 Å². The quantitative estimate of drug-likeness (QED) is 0.804. The Kier molecular flexibility index (Phi) is 3.59. The fourth-order valence-electron chi connectivity index (χ4n) is 2.55. The summed E-state index contributed by atoms with van der Waals surface area (Å²) in [5, 5.41) is 5.04. The lowest BCUT2D eigenvalue weighted by Gasteiger charge is -2.18. The van der Waals surface area contributed by atoms with Crippen LogP contribution in [0.25, 0.3) is 0 Å². The van der Waals surface area contributed by atoms with E-state index in [4.69, 9.17) is 5.14 Å². The maximum absolute atomic E-state index is 12.4. The molecule has 21 heavy (non-hydrogen) atoms. The number of hydrogen-bond donors (Lipinski definition) is 2. The van der Waals surface area contributed by atoms with Gasteiger partial charge >= 0.3 is 0 Å². The van der Waals surface area contributed by atoms with Gasteiger partial charge in [-0.05, 0) is 55.7 Å². The molecule has 3 N–H and O–H groups in total. The average molecular weight is 330 g/mol. The molecule has 116 valence electrons. The average Bonchev–Trinajstić information content (AvgIpc) is 3.28. The number of benzene rings is 1. The first-order valence-electron chi connectivity index (χ1n) is 6.92. The second kappa shape index (κ2) is 5.05. The van der Waals surface area contributed by atoms with Crippen LogP contribution in [0.2, 0.25) is 0 Å². The number of nitrogens with two attached hydrogens (primary N) is 1. The summed E-state index contributed by atoms with van der Waals surface area (Å²) in [6.45, 7) is 0. The molecule has 2 aliphatic rings. The van der Waals surface area contributed by atoms with Crippen LogP contribution < -0.4 is 9.86 Å². The molecule has 0 radical (unpaired) electrons. The normalized spacial score (nSPS) is 19.9. The van der Waals surface area contributed by atoms with Crippen LogP contribution in [-0.4, -0.2) is 22.9 Å². The Morgan fingerprint density at radius 3 is 2.00 bits per heavy atom. The molecule has 1 aromatic carbocycles. The van der Waals surface area contributed by atoms with Crippen molar-refractivity contribution >= 4 is 20.0 Å². The van der Waals surface area contributed by atoms with Crippen molar-refractivity contribution in [1.29, 1.82) is 0 Å². The van der Waals surface area contributed by atoms with E-state index in [0.717, 1.165) is 31.7 Å². The van der Waals surface area contributed by atoms with Gasteiger partial charge in [-0.3, -0.25) is 0 Å². The summed E-state index contributed by atoms with van der Waals surface area (Å²) in [5.74, 6) is 0.849. The molecule has 2 aliphatic carbocycles. The standard InChI is InChI=1S/C13H18N2O4S2/c14-20(16,17)11-2-1-3-12(8-11)21(18,19)15-13(9-4-5-9)10-6-7-10/h1-3,8-10,13,15H,4-7H2,(H2,14,16,17). The summed E-state index contributed by atoms with van der Waals surface area (Å²) >= 11 is 0. The predicted molar refractivity (Wildman–Crippen MR) is 77.4 cm³/mol. The van der Waals surface area contributed by atoms with Gasteiger partial charge in [0.15, 0.2) is 0 Å². The van der Waals surface area contributed by atoms with Gasteiger partial charge in [-0.25, -0.2) is 26.7 Å². The van der Waals surface area contributed by atoms with Crippen molar-refractivity contribution in [1.82, 2.24) is 4.72 Å². The van der Waals surface area contributed by atoms with Crippen LogP contribution in [0.4, 0.5) is 0 Å². The number of sulfonamides is 2. The molecule has 1 aromatic rings. The van der Waals surface area contributed by atoms with Crippen molar-refractivity contribution in [3.05, 3.63) is 24.3 Å². The first kappa shape index (κ1) is 15.0. The fourth-order valence-corrected chi connectivity index (χ4v) is 4.61. The van der Waals surface area contributed by atoms with Gasteiger partial charge in [-0.15, -0.1) is 0 Å². The van der Waals surface area contributed by atoms with Crippen molar-refractivity contribution in [3.63, 3.8) is 0 Å². The van der Waals surface area contributed by atoms with Crippen LogP contribution in [0.3, 0.4) is 0 Å². The highest BCUT2D eigenvalue weighted by atomic mass is 32.2. The predicted octanol–water partition coefficient (Wildman–Crippen LogP) is 0.801. The van der Waals surface area contributed by atoms with E-state index in [1.807, 2.05) is 0 Å². The van der Waals surface area contributed by atoms with Crippen molar-refractivity contribution in [3.8, 4) is 0 Å². The maximum atomic E-state index is 12.4. The molecular formula is C13H18N2O4S2. The van der Waals surface area contributed by atoms with Crippen LogP contribution in [0.1, 0.15) is 25.7 Å². The van der Waals surface area contributed by atoms with Gasteiger partial charge in [-0.1, -0.05) is 6.07 Å². The highest BCUT2D eigenvalue weighted by Gasteiger charge is 2.43. The number of nitrogens with one attached hydrogen (secondary N) is 1. The van der Waals surface area contributed by atoms with Crippen LogP contribution in [0, 0.1) is 11.8 Å². The van der Waals surface area contributed by atoms with Gasteiger partial charge in [0.1, 0.15) is 0 Å². The Labute approximate surface area is 124 Å². The van der Waals surface area contributed by atoms with Gasteiger partial charge in [0.05, 0.1) is 9.79 Å². The minimum Gasteiger partial charge on any atom is -0.225 e. The van der Waals surface area contributed by atoms with Gasteiger partial charge in [0.25, 0.3) is 0 Å². The number of hydrogen-bond acceptors (Lipinski definition) is 4. The van der Waals surface area contributed by atoms with Crippen molar-refractivity contribution < 1.29 is 16.8 Å². The van der Waals surface area contributed by atoms with Crippen molar-refractivity contribution in [2.75, 3.05) is 0 Å². The van der Waals surface area contributed by atoms with E-state index in [1.54, 1.807) is 0 Å². The molecule has 2 fully saturated rings. The van der Waals surface area contributed by atoms with E-state index in [2.05, 4.69) is 4.72 Å². The Morgan fingerprint density at radius 2 is 1.52 bits per heavy atom. The van der Waals surface area contributed by atoms with Crippen molar-refractivity contribution in [2.45, 2.75) is 41.5 Å². The highest BCUT2D eigenvalue weighted by Crippen LogP contribution is 2.45. The molecule has 0 atom stereocenters. The number of primary sulfonamides is 1. The third-order valence-electron chi connectivity index (χ3n) is 4.00. The van der Waals surface area contributed by atoms with E-state index >= 15 is 0 Å². The third kappa shape index (κ3) is 3.45. The first-order valence-corrected chi connectivity index (χ1v) is 9.95. The molecule has 6 nitrogen and oxygen atoms in total. The van der Waals surface area contributed by atoms with Crippen LogP contribution in [-0.2, 0) is 20.0 Å². The molecule has 0 heterocycles. The molecule has 8 heteroatoms. The molecule has 3 rings (SSSR count). The van der Waals surface area contributed by atoms with Crippen LogP contribution in [0.15, 0.2) is 34.1 Å². The Morgan fingerprint density at radius 1 is 1.00 bits per heavy atom. The van der Waals surface area contributed by atoms with E-state index < -0.39 is 20.0 Å². The molecule has 0 aliphatic heterocycles. The summed E-state index contributed by atoms with van der Waals surface area (Å²) in [4.78, 5) is -0.250. The molecule has 2 saturated carbocycles. The van der Waals surface area contributed by atoms with Crippen molar-refractivity contribution in [2.24, 2.45) is 17.0 Å². The lowest BCUT2D eigenvalue weighted by atomic mass is 10.1. The zero-order chi connectivity index (χ0) is 15.3. The van der Waals surface area contributed by atoms with Gasteiger partial charge in [0.2, 0.25) is 20.0 Å². The summed E-state index contributed by atoms with van der Waals surface area (Å²) in [6.07, 6.45) is 4.23.